The predicted molar refractivity (Wildman–Crippen MR) is 108 cm³/mol. The third kappa shape index (κ3) is 4.68. The molecule has 3 rings (SSSR count). The Bertz CT molecular complexity index is 928. The Morgan fingerprint density at radius 1 is 1.07 bits per heavy atom. The van der Waals surface area contributed by atoms with Crippen LogP contribution in [0, 0.1) is 0 Å². The molecule has 0 fully saturated rings. The van der Waals surface area contributed by atoms with Gasteiger partial charge in [0, 0.05) is 19.4 Å². The van der Waals surface area contributed by atoms with Crippen LogP contribution in [0.2, 0.25) is 0 Å². The highest BCUT2D eigenvalue weighted by molar-refractivity contribution is 6.39. The minimum atomic E-state index is -1.27. The van der Waals surface area contributed by atoms with Crippen LogP contribution in [0.3, 0.4) is 0 Å². The Hall–Kier alpha value is -3.48. The molecule has 0 bridgehead atoms. The van der Waals surface area contributed by atoms with E-state index < -0.39 is 17.3 Å². The van der Waals surface area contributed by atoms with Gasteiger partial charge in [-0.2, -0.15) is 5.10 Å². The first-order valence-electron chi connectivity index (χ1n) is 9.39. The van der Waals surface area contributed by atoms with Crippen molar-refractivity contribution in [2.24, 2.45) is 5.10 Å². The second kappa shape index (κ2) is 8.68. The smallest absolute Gasteiger partial charge is 0.315 e. The molecular weight excluding hydrogens is 370 g/mol. The SMILES string of the molecule is CC(CNC(=O)C1=NN(Cc2ccccc2)C(=O)CC1)(C(=O)O)c1ccccc1. The minimum Gasteiger partial charge on any atom is -0.481 e. The fourth-order valence-corrected chi connectivity index (χ4v) is 3.11. The summed E-state index contributed by atoms with van der Waals surface area (Å²) < 4.78 is 0. The van der Waals surface area contributed by atoms with E-state index in [1.807, 2.05) is 30.3 Å². The summed E-state index contributed by atoms with van der Waals surface area (Å²) >= 11 is 0. The van der Waals surface area contributed by atoms with Gasteiger partial charge in [0.05, 0.1) is 6.54 Å². The molecule has 7 heteroatoms. The molecule has 0 aliphatic carbocycles. The summed E-state index contributed by atoms with van der Waals surface area (Å²) in [4.78, 5) is 36.7. The molecule has 2 amide bonds. The number of rotatable bonds is 7. The van der Waals surface area contributed by atoms with Crippen molar-refractivity contribution in [3.63, 3.8) is 0 Å². The maximum atomic E-state index is 12.6. The van der Waals surface area contributed by atoms with Gasteiger partial charge in [-0.25, -0.2) is 5.01 Å². The summed E-state index contributed by atoms with van der Waals surface area (Å²) in [6.07, 6.45) is 0.416. The molecule has 1 aliphatic rings. The van der Waals surface area contributed by atoms with Crippen LogP contribution in [0.1, 0.15) is 30.9 Å². The number of hydrazone groups is 1. The van der Waals surface area contributed by atoms with Gasteiger partial charge in [-0.1, -0.05) is 60.7 Å². The lowest BCUT2D eigenvalue weighted by Crippen LogP contribution is -2.47. The van der Waals surface area contributed by atoms with Crippen LogP contribution >= 0.6 is 0 Å². The van der Waals surface area contributed by atoms with Crippen LogP contribution in [0.15, 0.2) is 65.8 Å². The number of nitrogens with zero attached hydrogens (tertiary/aromatic N) is 2. The number of carbonyl (C=O) groups excluding carboxylic acids is 2. The molecule has 1 atom stereocenters. The second-order valence-electron chi connectivity index (χ2n) is 7.17. The van der Waals surface area contributed by atoms with Gasteiger partial charge >= 0.3 is 5.97 Å². The van der Waals surface area contributed by atoms with Crippen LogP contribution in [0.25, 0.3) is 0 Å². The first-order chi connectivity index (χ1) is 13.9. The van der Waals surface area contributed by atoms with Crippen molar-refractivity contribution in [1.82, 2.24) is 10.3 Å². The highest BCUT2D eigenvalue weighted by atomic mass is 16.4. The summed E-state index contributed by atoms with van der Waals surface area (Å²) in [6, 6.07) is 18.2. The Balaban J connectivity index is 1.71. The maximum Gasteiger partial charge on any atom is 0.315 e. The Labute approximate surface area is 169 Å². The average molecular weight is 393 g/mol. The molecule has 2 N–H and O–H groups in total. The fourth-order valence-electron chi connectivity index (χ4n) is 3.11. The minimum absolute atomic E-state index is 0.0865. The van der Waals surface area contributed by atoms with Crippen molar-refractivity contribution in [2.75, 3.05) is 6.54 Å². The molecule has 0 radical (unpaired) electrons. The zero-order valence-electron chi connectivity index (χ0n) is 16.2. The van der Waals surface area contributed by atoms with Crippen LogP contribution in [0.4, 0.5) is 0 Å². The van der Waals surface area contributed by atoms with E-state index in [2.05, 4.69) is 10.4 Å². The van der Waals surface area contributed by atoms with Crippen molar-refractivity contribution in [2.45, 2.75) is 31.7 Å². The molecular formula is C22H23N3O4. The second-order valence-corrected chi connectivity index (χ2v) is 7.17. The van der Waals surface area contributed by atoms with E-state index in [1.54, 1.807) is 37.3 Å². The van der Waals surface area contributed by atoms with Crippen molar-refractivity contribution in [3.8, 4) is 0 Å². The molecule has 0 saturated carbocycles. The van der Waals surface area contributed by atoms with E-state index in [0.29, 0.717) is 5.56 Å². The van der Waals surface area contributed by atoms with Crippen molar-refractivity contribution >= 4 is 23.5 Å². The third-order valence-corrected chi connectivity index (χ3v) is 5.03. The quantitative estimate of drug-likeness (QED) is 0.754. The normalized spacial score (nSPS) is 16.0. The molecule has 1 aliphatic heterocycles. The number of carbonyl (C=O) groups is 3. The van der Waals surface area contributed by atoms with E-state index in [-0.39, 0.29) is 37.6 Å². The largest absolute Gasteiger partial charge is 0.481 e. The zero-order chi connectivity index (χ0) is 20.9. The van der Waals surface area contributed by atoms with E-state index in [9.17, 15) is 19.5 Å². The van der Waals surface area contributed by atoms with E-state index in [0.717, 1.165) is 5.56 Å². The molecule has 0 spiro atoms. The van der Waals surface area contributed by atoms with E-state index >= 15 is 0 Å². The predicted octanol–water partition coefficient (Wildman–Crippen LogP) is 2.32. The van der Waals surface area contributed by atoms with Gasteiger partial charge in [0.1, 0.15) is 11.1 Å². The summed E-state index contributed by atoms with van der Waals surface area (Å²) in [5.74, 6) is -1.64. The van der Waals surface area contributed by atoms with E-state index in [1.165, 1.54) is 5.01 Å². The van der Waals surface area contributed by atoms with E-state index in [4.69, 9.17) is 0 Å². The lowest BCUT2D eigenvalue weighted by atomic mass is 9.82. The number of amides is 2. The number of carboxylic acid groups (broad SMARTS) is 1. The number of benzene rings is 2. The summed E-state index contributed by atoms with van der Waals surface area (Å²) in [5.41, 5.74) is 0.459. The highest BCUT2D eigenvalue weighted by Gasteiger charge is 2.36. The molecule has 7 nitrogen and oxygen atoms in total. The molecule has 1 unspecified atom stereocenters. The van der Waals surface area contributed by atoms with Gasteiger partial charge in [0.25, 0.3) is 5.91 Å². The Morgan fingerprint density at radius 3 is 2.31 bits per heavy atom. The molecule has 1 heterocycles. The average Bonchev–Trinajstić information content (AvgIpc) is 2.74. The first-order valence-corrected chi connectivity index (χ1v) is 9.39. The molecule has 0 saturated heterocycles. The lowest BCUT2D eigenvalue weighted by molar-refractivity contribution is -0.143. The third-order valence-electron chi connectivity index (χ3n) is 5.03. The number of aliphatic carboxylic acids is 1. The van der Waals surface area contributed by atoms with Gasteiger partial charge < -0.3 is 10.4 Å². The Kier molecular flexibility index (Phi) is 6.07. The summed E-state index contributed by atoms with van der Waals surface area (Å²) in [6.45, 7) is 1.77. The first kappa shape index (κ1) is 20.3. The van der Waals surface area contributed by atoms with Gasteiger partial charge in [-0.05, 0) is 18.1 Å². The van der Waals surface area contributed by atoms with Crippen LogP contribution in [-0.2, 0) is 26.3 Å². The molecule has 0 aromatic heterocycles. The maximum absolute atomic E-state index is 12.6. The molecule has 150 valence electrons. The van der Waals surface area contributed by atoms with Crippen LogP contribution in [0.5, 0.6) is 0 Å². The molecule has 29 heavy (non-hydrogen) atoms. The van der Waals surface area contributed by atoms with Crippen molar-refractivity contribution in [1.29, 1.82) is 0 Å². The van der Waals surface area contributed by atoms with Crippen molar-refractivity contribution < 1.29 is 19.5 Å². The standard InChI is InChI=1S/C22H23N3O4/c1-22(21(28)29,17-10-6-3-7-11-17)15-23-20(27)18-12-13-19(26)25(24-18)14-16-8-4-2-5-9-16/h2-11H,12-15H2,1H3,(H,23,27)(H,28,29). The van der Waals surface area contributed by atoms with Gasteiger partial charge in [-0.15, -0.1) is 0 Å². The monoisotopic (exact) mass is 393 g/mol. The van der Waals surface area contributed by atoms with Crippen molar-refractivity contribution in [3.05, 3.63) is 71.8 Å². The highest BCUT2D eigenvalue weighted by Crippen LogP contribution is 2.23. The Morgan fingerprint density at radius 2 is 1.69 bits per heavy atom. The van der Waals surface area contributed by atoms with Gasteiger partial charge in [-0.3, -0.25) is 14.4 Å². The number of hydrogen-bond acceptors (Lipinski definition) is 4. The lowest BCUT2D eigenvalue weighted by Gasteiger charge is -2.27. The fraction of sp³-hybridized carbons (Fsp3) is 0.273. The zero-order valence-corrected chi connectivity index (χ0v) is 16.2. The van der Waals surface area contributed by atoms with Gasteiger partial charge in [0.2, 0.25) is 5.91 Å². The number of hydrogen-bond donors (Lipinski definition) is 2. The molecule has 2 aromatic carbocycles. The summed E-state index contributed by atoms with van der Waals surface area (Å²) in [5, 5.41) is 17.9. The van der Waals surface area contributed by atoms with Crippen LogP contribution < -0.4 is 5.32 Å². The molecule has 2 aromatic rings. The summed E-state index contributed by atoms with van der Waals surface area (Å²) in [7, 11) is 0. The number of nitrogens with one attached hydrogen (secondary N) is 1. The topological polar surface area (TPSA) is 99.1 Å². The number of carboxylic acids is 1. The van der Waals surface area contributed by atoms with Crippen LogP contribution in [-0.4, -0.2) is 40.2 Å². The van der Waals surface area contributed by atoms with Gasteiger partial charge in [0.15, 0.2) is 0 Å².